The molecule has 0 bridgehead atoms. The molecular weight excluding hydrogens is 388 g/mol. The second-order valence-electron chi connectivity index (χ2n) is 5.81. The lowest BCUT2D eigenvalue weighted by atomic mass is 10.2. The minimum atomic E-state index is -3.90. The van der Waals surface area contributed by atoms with Gasteiger partial charge in [-0.25, -0.2) is 13.2 Å². The van der Waals surface area contributed by atoms with Crippen LogP contribution in [-0.2, 0) is 19.6 Å². The minimum Gasteiger partial charge on any atom is -0.462 e. The Balaban J connectivity index is 1.86. The molecule has 0 spiro atoms. The molecule has 142 valence electrons. The van der Waals surface area contributed by atoms with E-state index in [1.54, 1.807) is 32.0 Å². The van der Waals surface area contributed by atoms with Gasteiger partial charge < -0.3 is 10.1 Å². The Kier molecular flexibility index (Phi) is 5.43. The van der Waals surface area contributed by atoms with Crippen LogP contribution < -0.4 is 10.0 Å². The molecule has 0 unspecified atom stereocenters. The van der Waals surface area contributed by atoms with Crippen LogP contribution in [0.1, 0.15) is 24.2 Å². The maximum absolute atomic E-state index is 12.7. The van der Waals surface area contributed by atoms with Crippen molar-refractivity contribution in [3.05, 3.63) is 48.0 Å². The van der Waals surface area contributed by atoms with Crippen molar-refractivity contribution in [2.75, 3.05) is 16.6 Å². The number of fused-ring (bicyclic) bond motifs is 1. The summed E-state index contributed by atoms with van der Waals surface area (Å²) in [4.78, 5) is 24.5. The largest absolute Gasteiger partial charge is 0.462 e. The maximum atomic E-state index is 12.7. The summed E-state index contributed by atoms with van der Waals surface area (Å²) in [5.41, 5.74) is 0.955. The van der Waals surface area contributed by atoms with Crippen LogP contribution in [0.4, 0.5) is 11.4 Å². The number of carbonyl (C=O) groups excluding carboxylic acids is 2. The van der Waals surface area contributed by atoms with Crippen LogP contribution in [0.3, 0.4) is 0 Å². The molecule has 2 aromatic carbocycles. The van der Waals surface area contributed by atoms with Gasteiger partial charge >= 0.3 is 5.97 Å². The van der Waals surface area contributed by atoms with Crippen molar-refractivity contribution in [1.29, 1.82) is 0 Å². The van der Waals surface area contributed by atoms with Crippen LogP contribution in [-0.4, -0.2) is 32.2 Å². The van der Waals surface area contributed by atoms with Gasteiger partial charge in [-0.05, 0) is 50.2 Å². The Morgan fingerprint density at radius 3 is 2.78 bits per heavy atom. The van der Waals surface area contributed by atoms with Gasteiger partial charge in [-0.1, -0.05) is 6.07 Å². The summed E-state index contributed by atoms with van der Waals surface area (Å²) in [6, 6.07) is 10.6. The number of ether oxygens (including phenoxy) is 1. The fourth-order valence-electron chi connectivity index (χ4n) is 2.49. The van der Waals surface area contributed by atoms with Gasteiger partial charge in [0, 0.05) is 10.6 Å². The summed E-state index contributed by atoms with van der Waals surface area (Å²) in [5.74, 6) is -0.696. The molecule has 1 aliphatic rings. The lowest BCUT2D eigenvalue weighted by molar-refractivity contribution is -0.115. The Morgan fingerprint density at radius 1 is 1.26 bits per heavy atom. The third-order valence-corrected chi connectivity index (χ3v) is 6.37. The predicted molar refractivity (Wildman–Crippen MR) is 104 cm³/mol. The Labute approximate surface area is 161 Å². The molecule has 0 saturated carbocycles. The van der Waals surface area contributed by atoms with E-state index in [0.717, 1.165) is 4.90 Å². The molecule has 7 nitrogen and oxygen atoms in total. The smallest absolute Gasteiger partial charge is 0.338 e. The van der Waals surface area contributed by atoms with Gasteiger partial charge in [0.15, 0.2) is 0 Å². The lowest BCUT2D eigenvalue weighted by Crippen LogP contribution is -2.26. The number of carbonyl (C=O) groups is 2. The van der Waals surface area contributed by atoms with Crippen molar-refractivity contribution in [3.8, 4) is 0 Å². The number of sulfonamides is 1. The summed E-state index contributed by atoms with van der Waals surface area (Å²) in [7, 11) is -3.90. The third kappa shape index (κ3) is 4.25. The Morgan fingerprint density at radius 2 is 2.04 bits per heavy atom. The molecule has 1 atom stereocenters. The van der Waals surface area contributed by atoms with Gasteiger partial charge in [-0.3, -0.25) is 9.52 Å². The summed E-state index contributed by atoms with van der Waals surface area (Å²) in [6.07, 6.45) is 0. The van der Waals surface area contributed by atoms with E-state index < -0.39 is 16.0 Å². The highest BCUT2D eigenvalue weighted by Gasteiger charge is 2.25. The Bertz CT molecular complexity index is 1000. The van der Waals surface area contributed by atoms with Crippen LogP contribution in [0.25, 0.3) is 0 Å². The molecule has 0 saturated heterocycles. The number of hydrogen-bond acceptors (Lipinski definition) is 6. The molecule has 1 amide bonds. The first kappa shape index (κ1) is 19.2. The SMILES string of the molecule is CCOC(=O)c1cccc(NS(=O)(=O)c2ccc3c(c2)NC(=O)[C@H](C)S3)c1. The van der Waals surface area contributed by atoms with E-state index in [1.165, 1.54) is 36.0 Å². The first-order valence-corrected chi connectivity index (χ1v) is 10.6. The first-order chi connectivity index (χ1) is 12.8. The number of thioether (sulfide) groups is 1. The van der Waals surface area contributed by atoms with E-state index in [0.29, 0.717) is 5.69 Å². The highest BCUT2D eigenvalue weighted by Crippen LogP contribution is 2.37. The molecule has 0 radical (unpaired) electrons. The van der Waals surface area contributed by atoms with Crippen molar-refractivity contribution in [2.24, 2.45) is 0 Å². The fourth-order valence-corrected chi connectivity index (χ4v) is 4.50. The van der Waals surface area contributed by atoms with Crippen LogP contribution in [0, 0.1) is 0 Å². The number of hydrogen-bond donors (Lipinski definition) is 2. The van der Waals surface area contributed by atoms with Crippen LogP contribution in [0.2, 0.25) is 0 Å². The summed E-state index contributed by atoms with van der Waals surface area (Å²) in [6.45, 7) is 3.70. The number of nitrogens with one attached hydrogen (secondary N) is 2. The molecule has 3 rings (SSSR count). The number of esters is 1. The lowest BCUT2D eigenvalue weighted by Gasteiger charge is -2.22. The zero-order valence-electron chi connectivity index (χ0n) is 14.7. The van der Waals surface area contributed by atoms with Crippen molar-refractivity contribution in [2.45, 2.75) is 28.9 Å². The average molecular weight is 406 g/mol. The highest BCUT2D eigenvalue weighted by atomic mass is 32.2. The summed E-state index contributed by atoms with van der Waals surface area (Å²) < 4.78 is 32.8. The van der Waals surface area contributed by atoms with Gasteiger partial charge in [-0.2, -0.15) is 0 Å². The standard InChI is InChI=1S/C18H18N2O5S2/c1-3-25-18(22)12-5-4-6-13(9-12)20-27(23,24)14-7-8-16-15(10-14)19-17(21)11(2)26-16/h4-11,20H,3H2,1-2H3,(H,19,21)/t11-/m0/s1. The molecular formula is C18H18N2O5S2. The second kappa shape index (κ2) is 7.61. The van der Waals surface area contributed by atoms with E-state index in [4.69, 9.17) is 4.74 Å². The molecule has 2 N–H and O–H groups in total. The Hall–Kier alpha value is -2.52. The molecule has 1 aliphatic heterocycles. The normalized spacial score (nSPS) is 16.2. The van der Waals surface area contributed by atoms with E-state index in [1.807, 2.05) is 0 Å². The van der Waals surface area contributed by atoms with Gasteiger partial charge in [-0.15, -0.1) is 11.8 Å². The minimum absolute atomic E-state index is 0.0123. The summed E-state index contributed by atoms with van der Waals surface area (Å²) >= 11 is 1.37. The average Bonchev–Trinajstić information content (AvgIpc) is 2.62. The van der Waals surface area contributed by atoms with Gasteiger partial charge in [0.25, 0.3) is 10.0 Å². The zero-order chi connectivity index (χ0) is 19.6. The van der Waals surface area contributed by atoms with Crippen molar-refractivity contribution >= 4 is 45.0 Å². The van der Waals surface area contributed by atoms with E-state index in [2.05, 4.69) is 10.0 Å². The van der Waals surface area contributed by atoms with Gasteiger partial charge in [0.2, 0.25) is 5.91 Å². The molecule has 9 heteroatoms. The molecule has 0 aromatic heterocycles. The molecule has 2 aromatic rings. The first-order valence-electron chi connectivity index (χ1n) is 8.21. The highest BCUT2D eigenvalue weighted by molar-refractivity contribution is 8.01. The van der Waals surface area contributed by atoms with Crippen LogP contribution >= 0.6 is 11.8 Å². The third-order valence-electron chi connectivity index (χ3n) is 3.82. The summed E-state index contributed by atoms with van der Waals surface area (Å²) in [5, 5.41) is 2.48. The van der Waals surface area contributed by atoms with Gasteiger partial charge in [0.1, 0.15) is 0 Å². The second-order valence-corrected chi connectivity index (χ2v) is 8.88. The van der Waals surface area contributed by atoms with Crippen LogP contribution in [0.15, 0.2) is 52.3 Å². The van der Waals surface area contributed by atoms with E-state index in [9.17, 15) is 18.0 Å². The zero-order valence-corrected chi connectivity index (χ0v) is 16.3. The topological polar surface area (TPSA) is 102 Å². The van der Waals surface area contributed by atoms with Crippen molar-refractivity contribution < 1.29 is 22.7 Å². The molecule has 27 heavy (non-hydrogen) atoms. The number of anilines is 2. The molecule has 1 heterocycles. The number of benzene rings is 2. The number of rotatable bonds is 5. The van der Waals surface area contributed by atoms with E-state index >= 15 is 0 Å². The predicted octanol–water partition coefficient (Wildman–Crippen LogP) is 3.10. The van der Waals surface area contributed by atoms with Crippen molar-refractivity contribution in [1.82, 2.24) is 0 Å². The maximum Gasteiger partial charge on any atom is 0.338 e. The quantitative estimate of drug-likeness (QED) is 0.740. The van der Waals surface area contributed by atoms with Crippen LogP contribution in [0.5, 0.6) is 0 Å². The number of amides is 1. The van der Waals surface area contributed by atoms with Crippen molar-refractivity contribution in [3.63, 3.8) is 0 Å². The molecule has 0 aliphatic carbocycles. The van der Waals surface area contributed by atoms with E-state index in [-0.39, 0.29) is 33.9 Å². The fraction of sp³-hybridized carbons (Fsp3) is 0.222. The molecule has 0 fully saturated rings. The monoisotopic (exact) mass is 406 g/mol. The van der Waals surface area contributed by atoms with Gasteiger partial charge in [0.05, 0.1) is 28.0 Å².